The van der Waals surface area contributed by atoms with E-state index < -0.39 is 42.7 Å². The smallest absolute Gasteiger partial charge is 1.00 e. The van der Waals surface area contributed by atoms with Gasteiger partial charge in [-0.3, -0.25) is 0 Å². The van der Waals surface area contributed by atoms with Crippen molar-refractivity contribution in [1.29, 1.82) is 0 Å². The Bertz CT molecular complexity index is 465. The first-order chi connectivity index (χ1) is 8.69. The van der Waals surface area contributed by atoms with Crippen LogP contribution in [0.2, 0.25) is 0 Å². The second-order valence-corrected chi connectivity index (χ2v) is 6.39. The number of alkyl halides is 6. The third-order valence-electron chi connectivity index (χ3n) is 2.78. The molecule has 19 heavy (non-hydrogen) atoms. The van der Waals surface area contributed by atoms with Crippen molar-refractivity contribution >= 4 is 0 Å². The summed E-state index contributed by atoms with van der Waals surface area (Å²) in [5.41, 5.74) is -1.51. The fourth-order valence-corrected chi connectivity index (χ4v) is 4.34. The monoisotopic (exact) mass is 316 g/mol. The number of hydrogen-bond donors (Lipinski definition) is 0. The molecule has 106 valence electrons. The molecular formula is C12H10F6Ti-2. The normalized spacial score (nSPS) is 19.9. The Morgan fingerprint density at radius 3 is 1.47 bits per heavy atom. The molecule has 0 unspecified atom stereocenters. The average molecular weight is 316 g/mol. The minimum Gasteiger partial charge on any atom is -1.00 e. The number of allylic oxidation sites excluding steroid dienone is 8. The van der Waals surface area contributed by atoms with Gasteiger partial charge in [0.2, 0.25) is 0 Å². The molecular weight excluding hydrogens is 306 g/mol. The first-order valence-corrected chi connectivity index (χ1v) is 6.96. The van der Waals surface area contributed by atoms with Crippen LogP contribution < -0.4 is 0 Å². The van der Waals surface area contributed by atoms with E-state index in [0.717, 1.165) is 12.2 Å². The predicted molar refractivity (Wildman–Crippen MR) is 55.9 cm³/mol. The minimum absolute atomic E-state index is 0. The van der Waals surface area contributed by atoms with Crippen molar-refractivity contribution in [3.8, 4) is 0 Å². The zero-order chi connectivity index (χ0) is 14.3. The van der Waals surface area contributed by atoms with Crippen LogP contribution in [0.1, 0.15) is 15.7 Å². The molecule has 0 saturated carbocycles. The fraction of sp³-hybridized carbons (Fsp3) is 0.333. The van der Waals surface area contributed by atoms with E-state index in [1.807, 2.05) is 0 Å². The van der Waals surface area contributed by atoms with Crippen LogP contribution >= 0.6 is 0 Å². The van der Waals surface area contributed by atoms with Crippen LogP contribution in [0.4, 0.5) is 26.3 Å². The van der Waals surface area contributed by atoms with Gasteiger partial charge >= 0.3 is 114 Å². The molecule has 0 N–H and O–H groups in total. The molecule has 0 aromatic carbocycles. The summed E-state index contributed by atoms with van der Waals surface area (Å²) in [5.74, 6) is 0. The van der Waals surface area contributed by atoms with Crippen LogP contribution in [0, 0.1) is 0 Å². The van der Waals surface area contributed by atoms with E-state index in [1.165, 1.54) is 12.2 Å². The fourth-order valence-electron chi connectivity index (χ4n) is 1.96. The van der Waals surface area contributed by atoms with Gasteiger partial charge in [0.1, 0.15) is 0 Å². The van der Waals surface area contributed by atoms with E-state index in [1.54, 1.807) is 0 Å². The zero-order valence-electron chi connectivity index (χ0n) is 11.5. The minimum atomic E-state index is -4.48. The van der Waals surface area contributed by atoms with Gasteiger partial charge in [-0.2, -0.15) is 0 Å². The van der Waals surface area contributed by atoms with Gasteiger partial charge < -0.3 is 2.85 Å². The van der Waals surface area contributed by atoms with Gasteiger partial charge in [-0.1, -0.05) is 0 Å². The van der Waals surface area contributed by atoms with Crippen molar-refractivity contribution in [1.82, 2.24) is 0 Å². The van der Waals surface area contributed by atoms with E-state index in [-0.39, 0.29) is 23.5 Å². The summed E-state index contributed by atoms with van der Waals surface area (Å²) in [4.78, 5) is 0. The van der Waals surface area contributed by atoms with Gasteiger partial charge in [-0.25, -0.2) is 0 Å². The van der Waals surface area contributed by atoms with Crippen LogP contribution in [0.25, 0.3) is 0 Å². The van der Waals surface area contributed by atoms with Crippen LogP contribution in [-0.2, 0) is 19.2 Å². The van der Waals surface area contributed by atoms with E-state index >= 15 is 0 Å². The Kier molecular flexibility index (Phi) is 3.84. The molecule has 0 aliphatic heterocycles. The average Bonchev–Trinajstić information content (AvgIpc) is 2.83. The van der Waals surface area contributed by atoms with Crippen molar-refractivity contribution in [2.24, 2.45) is 0 Å². The summed E-state index contributed by atoms with van der Waals surface area (Å²) in [6, 6.07) is 0. The van der Waals surface area contributed by atoms with Crippen molar-refractivity contribution in [2.45, 2.75) is 25.2 Å². The van der Waals surface area contributed by atoms with E-state index in [0.29, 0.717) is 0 Å². The van der Waals surface area contributed by atoms with Gasteiger partial charge in [0.05, 0.1) is 0 Å². The van der Waals surface area contributed by atoms with E-state index in [4.69, 9.17) is 0 Å². The Balaban J connectivity index is 0.00000200. The SMILES string of the molecule is FC(F)(F)C1=[C]([Ti][C]2=C(C(F)(F)F)C=CC2)CC=C1.[H-].[H-]. The maximum absolute atomic E-state index is 12.7. The molecule has 0 aromatic rings. The van der Waals surface area contributed by atoms with E-state index in [9.17, 15) is 26.3 Å². The Labute approximate surface area is 117 Å². The number of hydrogen-bond acceptors (Lipinski definition) is 0. The van der Waals surface area contributed by atoms with Crippen molar-refractivity contribution in [3.05, 3.63) is 43.2 Å². The first-order valence-electron chi connectivity index (χ1n) is 5.40. The third kappa shape index (κ3) is 3.23. The molecule has 0 atom stereocenters. The number of halogens is 6. The topological polar surface area (TPSA) is 0 Å². The predicted octanol–water partition coefficient (Wildman–Crippen LogP) is 4.85. The molecule has 0 heterocycles. The summed E-state index contributed by atoms with van der Waals surface area (Å²) in [7, 11) is 0. The molecule has 2 aliphatic carbocycles. The van der Waals surface area contributed by atoms with Gasteiger partial charge in [0, 0.05) is 0 Å². The Morgan fingerprint density at radius 1 is 0.789 bits per heavy atom. The summed E-state index contributed by atoms with van der Waals surface area (Å²) < 4.78 is 76.3. The maximum Gasteiger partial charge on any atom is -1.00 e. The van der Waals surface area contributed by atoms with Crippen molar-refractivity contribution in [2.75, 3.05) is 0 Å². The summed E-state index contributed by atoms with van der Waals surface area (Å²) in [6.07, 6.45) is -4.07. The molecule has 0 fully saturated rings. The van der Waals surface area contributed by atoms with E-state index in [2.05, 4.69) is 0 Å². The first kappa shape index (κ1) is 14.7. The van der Waals surface area contributed by atoms with Crippen LogP contribution in [0.3, 0.4) is 0 Å². The van der Waals surface area contributed by atoms with Gasteiger partial charge in [-0.05, 0) is 0 Å². The maximum atomic E-state index is 12.7. The quantitative estimate of drug-likeness (QED) is 0.505. The molecule has 0 aromatic heterocycles. The summed E-state index contributed by atoms with van der Waals surface area (Å²) in [5, 5.41) is 0. The molecule has 2 aliphatic rings. The van der Waals surface area contributed by atoms with Crippen LogP contribution in [0.5, 0.6) is 0 Å². The Hall–Kier alpha value is -0.746. The van der Waals surface area contributed by atoms with Crippen molar-refractivity contribution < 1.29 is 48.3 Å². The van der Waals surface area contributed by atoms with Crippen LogP contribution in [0.15, 0.2) is 43.2 Å². The van der Waals surface area contributed by atoms with Gasteiger partial charge in [-0.15, -0.1) is 0 Å². The number of rotatable bonds is 2. The van der Waals surface area contributed by atoms with Crippen molar-refractivity contribution in [3.63, 3.8) is 0 Å². The zero-order valence-corrected chi connectivity index (χ0v) is 11.1. The summed E-state index contributed by atoms with van der Waals surface area (Å²) >= 11 is -1.55. The largest absolute Gasteiger partial charge is 1.00 e. The molecule has 0 nitrogen and oxygen atoms in total. The van der Waals surface area contributed by atoms with Gasteiger partial charge in [0.25, 0.3) is 0 Å². The standard InChI is InChI=1S/2C6H4F3.Ti.2H/c2*7-6(8,9)5-3-1-2-4-5;;;/h2*1,3H,2H2;;;/q;;;2*-1. The summed E-state index contributed by atoms with van der Waals surface area (Å²) in [6.45, 7) is 0. The second-order valence-electron chi connectivity index (χ2n) is 4.12. The molecule has 0 spiro atoms. The molecule has 7 heteroatoms. The molecule has 2 rings (SSSR count). The molecule has 0 amide bonds. The Morgan fingerprint density at radius 2 is 1.16 bits per heavy atom. The third-order valence-corrected chi connectivity index (χ3v) is 5.20. The van der Waals surface area contributed by atoms with Crippen LogP contribution in [-0.4, -0.2) is 12.4 Å². The molecule has 0 saturated heterocycles. The molecule has 0 radical (unpaired) electrons. The molecule has 0 bridgehead atoms. The van der Waals surface area contributed by atoms with Gasteiger partial charge in [0.15, 0.2) is 0 Å². The second kappa shape index (κ2) is 4.98.